The van der Waals surface area contributed by atoms with Gasteiger partial charge in [0.2, 0.25) is 0 Å². The minimum Gasteiger partial charge on any atom is -0.495 e. The van der Waals surface area contributed by atoms with Crippen molar-refractivity contribution in [2.24, 2.45) is 5.92 Å². The van der Waals surface area contributed by atoms with Crippen LogP contribution >= 0.6 is 0 Å². The van der Waals surface area contributed by atoms with Crippen LogP contribution in [0.25, 0.3) is 5.57 Å². The summed E-state index contributed by atoms with van der Waals surface area (Å²) in [4.78, 5) is 30.6. The van der Waals surface area contributed by atoms with E-state index in [1.807, 2.05) is 36.1 Å². The molecule has 7 nitrogen and oxygen atoms in total. The van der Waals surface area contributed by atoms with Gasteiger partial charge in [0.15, 0.2) is 0 Å². The number of amides is 2. The number of likely N-dealkylation sites (tertiary alicyclic amines) is 1. The first-order valence-corrected chi connectivity index (χ1v) is 11.4. The van der Waals surface area contributed by atoms with Crippen molar-refractivity contribution in [2.45, 2.75) is 26.2 Å². The van der Waals surface area contributed by atoms with Gasteiger partial charge in [-0.05, 0) is 55.0 Å². The third-order valence-corrected chi connectivity index (χ3v) is 6.09. The SMILES string of the molecule is CCCOc1ccc(C2=C(N3CCCC(CO)C3)C(=O)N(c3ccccc3OC)C2=O)cc1. The molecule has 1 unspecified atom stereocenters. The summed E-state index contributed by atoms with van der Waals surface area (Å²) in [5.74, 6) is 0.493. The van der Waals surface area contributed by atoms with Crippen molar-refractivity contribution in [3.05, 3.63) is 59.8 Å². The third kappa shape index (κ3) is 4.46. The second-order valence-corrected chi connectivity index (χ2v) is 8.35. The van der Waals surface area contributed by atoms with Crippen molar-refractivity contribution in [3.8, 4) is 11.5 Å². The van der Waals surface area contributed by atoms with Gasteiger partial charge < -0.3 is 19.5 Å². The number of imide groups is 1. The molecule has 2 aliphatic rings. The minimum atomic E-state index is -0.382. The Morgan fingerprint density at radius 2 is 1.82 bits per heavy atom. The standard InChI is InChI=1S/C26H30N2O5/c1-3-15-33-20-12-10-19(11-13-20)23-24(27-14-6-7-18(16-27)17-29)26(31)28(25(23)30)21-8-4-5-9-22(21)32-2/h4-5,8-13,18,29H,3,6-7,14-17H2,1-2H3. The van der Waals surface area contributed by atoms with Crippen LogP contribution in [0.2, 0.25) is 0 Å². The van der Waals surface area contributed by atoms with Crippen LogP contribution in [0.15, 0.2) is 54.2 Å². The Morgan fingerprint density at radius 1 is 1.06 bits per heavy atom. The largest absolute Gasteiger partial charge is 0.495 e. The molecule has 7 heteroatoms. The van der Waals surface area contributed by atoms with Gasteiger partial charge in [0.25, 0.3) is 11.8 Å². The summed E-state index contributed by atoms with van der Waals surface area (Å²) in [6.07, 6.45) is 2.65. The number of para-hydroxylation sites is 2. The molecule has 2 aromatic rings. The van der Waals surface area contributed by atoms with E-state index in [1.165, 1.54) is 12.0 Å². The summed E-state index contributed by atoms with van der Waals surface area (Å²) < 4.78 is 11.1. The zero-order valence-electron chi connectivity index (χ0n) is 19.1. The van der Waals surface area contributed by atoms with Crippen LogP contribution in [0.1, 0.15) is 31.7 Å². The smallest absolute Gasteiger partial charge is 0.282 e. The number of carbonyl (C=O) groups excluding carboxylic acids is 2. The molecule has 0 radical (unpaired) electrons. The van der Waals surface area contributed by atoms with Gasteiger partial charge in [-0.2, -0.15) is 0 Å². The molecular weight excluding hydrogens is 420 g/mol. The Kier molecular flexibility index (Phi) is 6.99. The van der Waals surface area contributed by atoms with E-state index in [0.29, 0.717) is 48.0 Å². The number of hydrogen-bond donors (Lipinski definition) is 1. The first-order valence-electron chi connectivity index (χ1n) is 11.4. The van der Waals surface area contributed by atoms with E-state index in [4.69, 9.17) is 9.47 Å². The van der Waals surface area contributed by atoms with Crippen LogP contribution in [0.5, 0.6) is 11.5 Å². The van der Waals surface area contributed by atoms with Crippen LogP contribution in [0, 0.1) is 5.92 Å². The Morgan fingerprint density at radius 3 is 2.52 bits per heavy atom. The van der Waals surface area contributed by atoms with Crippen LogP contribution in [0.4, 0.5) is 5.69 Å². The second-order valence-electron chi connectivity index (χ2n) is 8.35. The average Bonchev–Trinajstić information content (AvgIpc) is 3.12. The maximum atomic E-state index is 13.7. The van der Waals surface area contributed by atoms with Crippen molar-refractivity contribution in [1.82, 2.24) is 4.90 Å². The number of rotatable bonds is 8. The normalized spacial score (nSPS) is 18.8. The maximum absolute atomic E-state index is 13.7. The number of carbonyl (C=O) groups is 2. The van der Waals surface area contributed by atoms with Gasteiger partial charge in [-0.3, -0.25) is 9.59 Å². The van der Waals surface area contributed by atoms with Crippen LogP contribution in [-0.4, -0.2) is 55.2 Å². The van der Waals surface area contributed by atoms with Crippen molar-refractivity contribution >= 4 is 23.1 Å². The van der Waals surface area contributed by atoms with Gasteiger partial charge in [0, 0.05) is 19.7 Å². The summed E-state index contributed by atoms with van der Waals surface area (Å²) in [5, 5.41) is 9.72. The molecule has 2 amide bonds. The van der Waals surface area contributed by atoms with Crippen LogP contribution < -0.4 is 14.4 Å². The van der Waals surface area contributed by atoms with Crippen LogP contribution in [-0.2, 0) is 9.59 Å². The molecule has 1 N–H and O–H groups in total. The zero-order valence-corrected chi connectivity index (χ0v) is 19.1. The molecule has 2 heterocycles. The minimum absolute atomic E-state index is 0.0565. The van der Waals surface area contributed by atoms with Gasteiger partial charge >= 0.3 is 0 Å². The maximum Gasteiger partial charge on any atom is 0.282 e. The molecule has 1 fully saturated rings. The first kappa shape index (κ1) is 22.9. The molecule has 1 saturated heterocycles. The Bertz CT molecular complexity index is 1050. The van der Waals surface area contributed by atoms with E-state index >= 15 is 0 Å². The number of piperidine rings is 1. The number of ether oxygens (including phenoxy) is 2. The summed E-state index contributed by atoms with van der Waals surface area (Å²) in [6, 6.07) is 14.3. The van der Waals surface area contributed by atoms with Gasteiger partial charge in [0.05, 0.1) is 25.0 Å². The molecule has 0 bridgehead atoms. The molecule has 2 aromatic carbocycles. The van der Waals surface area contributed by atoms with E-state index in [0.717, 1.165) is 25.0 Å². The van der Waals surface area contributed by atoms with Gasteiger partial charge in [0.1, 0.15) is 17.2 Å². The van der Waals surface area contributed by atoms with Crippen molar-refractivity contribution < 1.29 is 24.2 Å². The number of aliphatic hydroxyl groups excluding tert-OH is 1. The fraction of sp³-hybridized carbons (Fsp3) is 0.385. The lowest BCUT2D eigenvalue weighted by Crippen LogP contribution is -2.40. The van der Waals surface area contributed by atoms with E-state index in [2.05, 4.69) is 0 Å². The van der Waals surface area contributed by atoms with Crippen molar-refractivity contribution in [1.29, 1.82) is 0 Å². The van der Waals surface area contributed by atoms with E-state index in [9.17, 15) is 14.7 Å². The highest BCUT2D eigenvalue weighted by Gasteiger charge is 2.44. The van der Waals surface area contributed by atoms with E-state index in [1.54, 1.807) is 24.3 Å². The van der Waals surface area contributed by atoms with Crippen molar-refractivity contribution in [2.75, 3.05) is 38.3 Å². The molecule has 2 aliphatic heterocycles. The summed E-state index contributed by atoms with van der Waals surface area (Å²) in [6.45, 7) is 3.90. The predicted octanol–water partition coefficient (Wildman–Crippen LogP) is 3.47. The van der Waals surface area contributed by atoms with Gasteiger partial charge in [-0.25, -0.2) is 4.90 Å². The fourth-order valence-corrected chi connectivity index (χ4v) is 4.46. The summed E-state index contributed by atoms with van der Waals surface area (Å²) in [5.41, 5.74) is 1.83. The number of benzene rings is 2. The van der Waals surface area contributed by atoms with Crippen LogP contribution in [0.3, 0.4) is 0 Å². The molecule has 0 spiro atoms. The topological polar surface area (TPSA) is 79.3 Å². The summed E-state index contributed by atoms with van der Waals surface area (Å²) in [7, 11) is 1.52. The number of hydrogen-bond acceptors (Lipinski definition) is 6. The third-order valence-electron chi connectivity index (χ3n) is 6.09. The second kappa shape index (κ2) is 10.1. The predicted molar refractivity (Wildman–Crippen MR) is 126 cm³/mol. The van der Waals surface area contributed by atoms with E-state index < -0.39 is 0 Å². The van der Waals surface area contributed by atoms with Gasteiger partial charge in [-0.1, -0.05) is 31.2 Å². The average molecular weight is 451 g/mol. The Labute approximate surface area is 194 Å². The van der Waals surface area contributed by atoms with Gasteiger partial charge in [-0.15, -0.1) is 0 Å². The molecular formula is C26H30N2O5. The molecule has 4 rings (SSSR count). The highest BCUT2D eigenvalue weighted by Crippen LogP contribution is 2.39. The lowest BCUT2D eigenvalue weighted by atomic mass is 9.97. The van der Waals surface area contributed by atoms with Crippen molar-refractivity contribution in [3.63, 3.8) is 0 Å². The van der Waals surface area contributed by atoms with E-state index in [-0.39, 0.29) is 24.3 Å². The number of anilines is 1. The number of methoxy groups -OCH3 is 1. The number of aliphatic hydroxyl groups is 1. The Balaban J connectivity index is 1.78. The zero-order chi connectivity index (χ0) is 23.4. The Hall–Kier alpha value is -3.32. The quantitative estimate of drug-likeness (QED) is 0.621. The molecule has 1 atom stereocenters. The fourth-order valence-electron chi connectivity index (χ4n) is 4.46. The highest BCUT2D eigenvalue weighted by atomic mass is 16.5. The molecule has 0 aliphatic carbocycles. The lowest BCUT2D eigenvalue weighted by Gasteiger charge is -2.34. The molecule has 0 saturated carbocycles. The monoisotopic (exact) mass is 450 g/mol. The molecule has 0 aromatic heterocycles. The first-order chi connectivity index (χ1) is 16.1. The molecule has 174 valence electrons. The summed E-state index contributed by atoms with van der Waals surface area (Å²) >= 11 is 0. The highest BCUT2D eigenvalue weighted by molar-refractivity contribution is 6.45. The lowest BCUT2D eigenvalue weighted by molar-refractivity contribution is -0.120. The molecule has 33 heavy (non-hydrogen) atoms. The number of nitrogens with zero attached hydrogens (tertiary/aromatic N) is 2.